The first-order valence-corrected chi connectivity index (χ1v) is 5.65. The highest BCUT2D eigenvalue weighted by atomic mass is 35.5. The summed E-state index contributed by atoms with van der Waals surface area (Å²) in [7, 11) is 0. The molecular formula is C11H23ClN2O2. The summed E-state index contributed by atoms with van der Waals surface area (Å²) in [6.07, 6.45) is 2.07. The molecule has 0 radical (unpaired) electrons. The molecule has 0 bridgehead atoms. The zero-order valence-electron chi connectivity index (χ0n) is 10.3. The van der Waals surface area contributed by atoms with Crippen LogP contribution >= 0.6 is 12.4 Å². The van der Waals surface area contributed by atoms with Crippen LogP contribution in [0.4, 0.5) is 4.79 Å². The Morgan fingerprint density at radius 2 is 2.19 bits per heavy atom. The largest absolute Gasteiger partial charge is 0.444 e. The van der Waals surface area contributed by atoms with Gasteiger partial charge in [0.2, 0.25) is 0 Å². The molecule has 1 atom stereocenters. The van der Waals surface area contributed by atoms with E-state index in [2.05, 4.69) is 10.6 Å². The summed E-state index contributed by atoms with van der Waals surface area (Å²) in [5.41, 5.74) is -0.408. The number of alkyl carbamates (subject to hydrolysis) is 1. The number of halogens is 1. The smallest absolute Gasteiger partial charge is 0.407 e. The first kappa shape index (κ1) is 15.5. The maximum atomic E-state index is 11.3. The number of piperidine rings is 1. The van der Waals surface area contributed by atoms with Crippen LogP contribution in [0.2, 0.25) is 0 Å². The Labute approximate surface area is 104 Å². The number of amides is 1. The van der Waals surface area contributed by atoms with E-state index in [0.717, 1.165) is 13.1 Å². The van der Waals surface area contributed by atoms with Crippen molar-refractivity contribution in [2.45, 2.75) is 39.2 Å². The van der Waals surface area contributed by atoms with E-state index < -0.39 is 5.60 Å². The standard InChI is InChI=1S/C11H22N2O2.ClH/c1-11(2,3)15-10(14)13-8-9-5-4-6-12-7-9;/h9,12H,4-8H2,1-3H3,(H,13,14);1H/t9-;/m0./s1. The minimum absolute atomic E-state index is 0. The monoisotopic (exact) mass is 250 g/mol. The number of hydrogen-bond donors (Lipinski definition) is 2. The lowest BCUT2D eigenvalue weighted by atomic mass is 10.00. The Morgan fingerprint density at radius 1 is 1.50 bits per heavy atom. The van der Waals surface area contributed by atoms with Gasteiger partial charge in [-0.3, -0.25) is 0 Å². The Morgan fingerprint density at radius 3 is 2.69 bits per heavy atom. The van der Waals surface area contributed by atoms with Gasteiger partial charge >= 0.3 is 6.09 Å². The number of rotatable bonds is 2. The predicted octanol–water partition coefficient (Wildman–Crippen LogP) is 1.93. The molecule has 1 aliphatic heterocycles. The summed E-state index contributed by atoms with van der Waals surface area (Å²) in [5, 5.41) is 6.12. The van der Waals surface area contributed by atoms with Crippen molar-refractivity contribution >= 4 is 18.5 Å². The third-order valence-electron chi connectivity index (χ3n) is 2.33. The lowest BCUT2D eigenvalue weighted by Crippen LogP contribution is -2.40. The van der Waals surface area contributed by atoms with Gasteiger partial charge in [-0.05, 0) is 52.6 Å². The van der Waals surface area contributed by atoms with Crippen molar-refractivity contribution in [3.8, 4) is 0 Å². The van der Waals surface area contributed by atoms with Gasteiger partial charge in [-0.1, -0.05) is 0 Å². The van der Waals surface area contributed by atoms with Crippen LogP contribution in [0.15, 0.2) is 0 Å². The highest BCUT2D eigenvalue weighted by Crippen LogP contribution is 2.09. The molecule has 1 saturated heterocycles. The normalized spacial score (nSPS) is 20.8. The molecule has 0 saturated carbocycles. The molecule has 0 aromatic heterocycles. The van der Waals surface area contributed by atoms with Crippen molar-refractivity contribution < 1.29 is 9.53 Å². The molecule has 0 aromatic rings. The zero-order chi connectivity index (χ0) is 11.3. The first-order valence-electron chi connectivity index (χ1n) is 5.65. The zero-order valence-corrected chi connectivity index (χ0v) is 11.2. The van der Waals surface area contributed by atoms with Crippen molar-refractivity contribution in [3.63, 3.8) is 0 Å². The summed E-state index contributed by atoms with van der Waals surface area (Å²) < 4.78 is 5.16. The fourth-order valence-electron chi connectivity index (χ4n) is 1.64. The molecule has 1 amide bonds. The molecule has 0 aliphatic carbocycles. The van der Waals surface area contributed by atoms with E-state index in [1.54, 1.807) is 0 Å². The van der Waals surface area contributed by atoms with Gasteiger partial charge in [0.1, 0.15) is 5.60 Å². The summed E-state index contributed by atoms with van der Waals surface area (Å²) in [6.45, 7) is 8.42. The van der Waals surface area contributed by atoms with E-state index in [0.29, 0.717) is 12.5 Å². The highest BCUT2D eigenvalue weighted by molar-refractivity contribution is 5.85. The second kappa shape index (κ2) is 6.97. The SMILES string of the molecule is CC(C)(C)OC(=O)NC[C@H]1CCCNC1.Cl. The molecule has 0 aromatic carbocycles. The molecule has 2 N–H and O–H groups in total. The second-order valence-electron chi connectivity index (χ2n) is 5.10. The number of hydrogen-bond acceptors (Lipinski definition) is 3. The van der Waals surface area contributed by atoms with Crippen molar-refractivity contribution in [3.05, 3.63) is 0 Å². The van der Waals surface area contributed by atoms with Crippen LogP contribution in [0, 0.1) is 5.92 Å². The summed E-state index contributed by atoms with van der Waals surface area (Å²) >= 11 is 0. The third-order valence-corrected chi connectivity index (χ3v) is 2.33. The Balaban J connectivity index is 0.00000225. The van der Waals surface area contributed by atoms with E-state index >= 15 is 0 Å². The van der Waals surface area contributed by atoms with Gasteiger partial charge in [0.25, 0.3) is 0 Å². The fourth-order valence-corrected chi connectivity index (χ4v) is 1.64. The van der Waals surface area contributed by atoms with Crippen LogP contribution in [-0.2, 0) is 4.74 Å². The van der Waals surface area contributed by atoms with Crippen LogP contribution < -0.4 is 10.6 Å². The number of ether oxygens (including phenoxy) is 1. The summed E-state index contributed by atoms with van der Waals surface area (Å²) in [6, 6.07) is 0. The van der Waals surface area contributed by atoms with Gasteiger partial charge in [0.15, 0.2) is 0 Å². The van der Waals surface area contributed by atoms with Crippen LogP contribution in [0.5, 0.6) is 0 Å². The lowest BCUT2D eigenvalue weighted by molar-refractivity contribution is 0.0517. The minimum atomic E-state index is -0.408. The van der Waals surface area contributed by atoms with Crippen LogP contribution in [0.1, 0.15) is 33.6 Å². The van der Waals surface area contributed by atoms with E-state index in [1.807, 2.05) is 20.8 Å². The molecule has 1 aliphatic rings. The maximum absolute atomic E-state index is 11.3. The topological polar surface area (TPSA) is 50.4 Å². The van der Waals surface area contributed by atoms with Crippen LogP contribution in [0.3, 0.4) is 0 Å². The quantitative estimate of drug-likeness (QED) is 0.788. The van der Waals surface area contributed by atoms with Crippen LogP contribution in [0.25, 0.3) is 0 Å². The van der Waals surface area contributed by atoms with Gasteiger partial charge in [-0.25, -0.2) is 4.79 Å². The van der Waals surface area contributed by atoms with Crippen molar-refractivity contribution in [2.75, 3.05) is 19.6 Å². The Bertz CT molecular complexity index is 211. The molecule has 5 heteroatoms. The molecule has 1 heterocycles. The highest BCUT2D eigenvalue weighted by Gasteiger charge is 2.18. The third kappa shape index (κ3) is 6.90. The van der Waals surface area contributed by atoms with Crippen molar-refractivity contribution in [1.82, 2.24) is 10.6 Å². The van der Waals surface area contributed by atoms with E-state index in [9.17, 15) is 4.79 Å². The Hall–Kier alpha value is -0.480. The summed E-state index contributed by atoms with van der Waals surface area (Å²) in [4.78, 5) is 11.3. The molecule has 1 fully saturated rings. The number of carbonyl (C=O) groups is 1. The van der Waals surface area contributed by atoms with E-state index in [4.69, 9.17) is 4.74 Å². The fraction of sp³-hybridized carbons (Fsp3) is 0.909. The molecular weight excluding hydrogens is 228 g/mol. The number of nitrogens with one attached hydrogen (secondary N) is 2. The minimum Gasteiger partial charge on any atom is -0.444 e. The van der Waals surface area contributed by atoms with Gasteiger partial charge in [0.05, 0.1) is 0 Å². The van der Waals surface area contributed by atoms with Gasteiger partial charge < -0.3 is 15.4 Å². The second-order valence-corrected chi connectivity index (χ2v) is 5.10. The predicted molar refractivity (Wildman–Crippen MR) is 67.1 cm³/mol. The molecule has 4 nitrogen and oxygen atoms in total. The average Bonchev–Trinajstić information content (AvgIpc) is 2.14. The maximum Gasteiger partial charge on any atom is 0.407 e. The van der Waals surface area contributed by atoms with Crippen molar-refractivity contribution in [1.29, 1.82) is 0 Å². The average molecular weight is 251 g/mol. The molecule has 0 unspecified atom stereocenters. The van der Waals surface area contributed by atoms with E-state index in [1.165, 1.54) is 12.8 Å². The Kier molecular flexibility index (Phi) is 6.76. The lowest BCUT2D eigenvalue weighted by Gasteiger charge is -2.24. The van der Waals surface area contributed by atoms with Crippen LogP contribution in [-0.4, -0.2) is 31.3 Å². The van der Waals surface area contributed by atoms with Crippen molar-refractivity contribution in [2.24, 2.45) is 5.92 Å². The molecule has 16 heavy (non-hydrogen) atoms. The van der Waals surface area contributed by atoms with Gasteiger partial charge in [-0.2, -0.15) is 0 Å². The molecule has 0 spiro atoms. The van der Waals surface area contributed by atoms with E-state index in [-0.39, 0.29) is 18.5 Å². The summed E-state index contributed by atoms with van der Waals surface area (Å²) in [5.74, 6) is 0.547. The molecule has 1 rings (SSSR count). The first-order chi connectivity index (χ1) is 6.97. The van der Waals surface area contributed by atoms with Gasteiger partial charge in [0, 0.05) is 6.54 Å². The van der Waals surface area contributed by atoms with Gasteiger partial charge in [-0.15, -0.1) is 12.4 Å². The molecule has 96 valence electrons. The number of carbonyl (C=O) groups excluding carboxylic acids is 1.